The quantitative estimate of drug-likeness (QED) is 0.404. The van der Waals surface area contributed by atoms with Crippen LogP contribution in [0.5, 0.6) is 0 Å². The summed E-state index contributed by atoms with van der Waals surface area (Å²) in [6, 6.07) is 0. The normalized spacial score (nSPS) is 16.8. The number of hydrogen-bond acceptors (Lipinski definition) is 5. The van der Waals surface area contributed by atoms with Crippen molar-refractivity contribution < 1.29 is 40.6 Å². The van der Waals surface area contributed by atoms with E-state index in [9.17, 15) is 4.79 Å². The zero-order valence-electron chi connectivity index (χ0n) is 7.93. The molecule has 1 aliphatic heterocycles. The Morgan fingerprint density at radius 1 is 1.42 bits per heavy atom. The maximum atomic E-state index is 10.8. The summed E-state index contributed by atoms with van der Waals surface area (Å²) in [7, 11) is 0. The number of hydrogen-bond donors (Lipinski definition) is 2. The Kier molecular flexibility index (Phi) is 6.89. The van der Waals surface area contributed by atoms with E-state index in [0.717, 1.165) is 29.6 Å². The van der Waals surface area contributed by atoms with Crippen LogP contribution in [0.4, 0.5) is 4.79 Å². The van der Waals surface area contributed by atoms with Gasteiger partial charge in [-0.3, -0.25) is 0 Å². The van der Waals surface area contributed by atoms with Crippen LogP contribution in [0.2, 0.25) is 0 Å². The van der Waals surface area contributed by atoms with E-state index in [-0.39, 0.29) is 31.0 Å². The summed E-state index contributed by atoms with van der Waals surface area (Å²) in [5.74, 6) is 0. The molecule has 0 aliphatic carbocycles. The van der Waals surface area contributed by atoms with E-state index in [1.165, 1.54) is 0 Å². The molecule has 0 bridgehead atoms. The van der Waals surface area contributed by atoms with Crippen LogP contribution in [-0.2, 0) is 4.84 Å². The molecule has 0 N–H and O–H groups in total. The number of carbonyl (C=O) groups excluding carboxylic acids is 1. The van der Waals surface area contributed by atoms with Gasteiger partial charge in [0.1, 0.15) is 0 Å². The zero-order chi connectivity index (χ0) is 8.27. The van der Waals surface area contributed by atoms with E-state index in [0.29, 0.717) is 0 Å². The van der Waals surface area contributed by atoms with Gasteiger partial charge in [-0.05, 0) is 38.5 Å². The third kappa shape index (κ3) is 4.25. The molecule has 66 valence electrons. The Hall–Kier alpha value is 0.930. The van der Waals surface area contributed by atoms with Gasteiger partial charge in [0.05, 0.1) is 0 Å². The number of amides is 1. The van der Waals surface area contributed by atoms with E-state index in [4.69, 9.17) is 4.84 Å². The Bertz CT molecular complexity index is 157. The van der Waals surface area contributed by atoms with Crippen LogP contribution in [0, 0.1) is 0 Å². The van der Waals surface area contributed by atoms with Gasteiger partial charge in [0.2, 0.25) is 0 Å². The van der Waals surface area contributed by atoms with Crippen molar-refractivity contribution in [2.75, 3.05) is 13.1 Å². The minimum Gasteiger partial charge on any atom is -1.00 e. The van der Waals surface area contributed by atoms with E-state index in [1.54, 1.807) is 5.06 Å². The number of hydroxylamine groups is 2. The van der Waals surface area contributed by atoms with Crippen LogP contribution in [0.25, 0.3) is 0 Å². The fraction of sp³-hybridized carbons (Fsp3) is 0.800. The minimum absolute atomic E-state index is 0. The molecule has 0 unspecified atom stereocenters. The van der Waals surface area contributed by atoms with E-state index >= 15 is 0 Å². The molecule has 0 saturated carbocycles. The van der Waals surface area contributed by atoms with E-state index < -0.39 is 6.09 Å². The molecule has 12 heavy (non-hydrogen) atoms. The summed E-state index contributed by atoms with van der Waals surface area (Å²) in [5.41, 5.74) is 0. The Morgan fingerprint density at radius 2 is 1.92 bits per heavy atom. The fourth-order valence-electron chi connectivity index (χ4n) is 0.926. The predicted octanol–water partition coefficient (Wildman–Crippen LogP) is -1.76. The summed E-state index contributed by atoms with van der Waals surface area (Å²) in [6.45, 7) is 1.61. The average molecular weight is 218 g/mol. The molecule has 4 nitrogen and oxygen atoms in total. The Balaban J connectivity index is 0. The molecule has 1 rings (SSSR count). The molecule has 0 spiro atoms. The third-order valence-electron chi connectivity index (χ3n) is 1.44. The van der Waals surface area contributed by atoms with Crippen molar-refractivity contribution in [3.63, 3.8) is 0 Å². The standard InChI is InChI=1S/C5H10N2O2S2.Na.H/c8-5(7(10)11)9-6-3-1-2-4-6;;/h10-11H,1-4H2;;/q;+1;-1. The number of rotatable bonds is 1. The van der Waals surface area contributed by atoms with Crippen molar-refractivity contribution in [3.8, 4) is 0 Å². The summed E-state index contributed by atoms with van der Waals surface area (Å²) in [6.07, 6.45) is 1.59. The van der Waals surface area contributed by atoms with Gasteiger partial charge < -0.3 is 6.26 Å². The van der Waals surface area contributed by atoms with Crippen LogP contribution in [0.15, 0.2) is 0 Å². The molecular formula is C5H11N2NaO2S2. The van der Waals surface area contributed by atoms with Crippen molar-refractivity contribution in [3.05, 3.63) is 0 Å². The molecule has 0 atom stereocenters. The summed E-state index contributed by atoms with van der Waals surface area (Å²) in [4.78, 5) is 15.6. The van der Waals surface area contributed by atoms with Crippen molar-refractivity contribution >= 4 is 31.7 Å². The first kappa shape index (κ1) is 12.9. The maximum absolute atomic E-state index is 10.8. The van der Waals surface area contributed by atoms with Gasteiger partial charge in [-0.25, -0.2) is 4.79 Å². The monoisotopic (exact) mass is 218 g/mol. The molecule has 0 aromatic rings. The summed E-state index contributed by atoms with van der Waals surface area (Å²) in [5, 5.41) is 1.61. The number of nitrogens with zero attached hydrogens (tertiary/aromatic N) is 2. The summed E-state index contributed by atoms with van der Waals surface area (Å²) >= 11 is 7.32. The molecule has 0 radical (unpaired) electrons. The fourth-order valence-corrected chi connectivity index (χ4v) is 0.999. The smallest absolute Gasteiger partial charge is 1.00 e. The molecular weight excluding hydrogens is 207 g/mol. The number of thiol groups is 2. The maximum Gasteiger partial charge on any atom is 1.00 e. The molecule has 1 saturated heterocycles. The first-order chi connectivity index (χ1) is 5.20. The van der Waals surface area contributed by atoms with Crippen LogP contribution in [0.1, 0.15) is 14.3 Å². The topological polar surface area (TPSA) is 32.8 Å². The predicted molar refractivity (Wildman–Crippen MR) is 48.2 cm³/mol. The number of carbonyl (C=O) groups is 1. The first-order valence-corrected chi connectivity index (χ1v) is 4.15. The van der Waals surface area contributed by atoms with Crippen molar-refractivity contribution in [1.82, 2.24) is 8.77 Å². The average Bonchev–Trinajstić information content (AvgIpc) is 2.39. The van der Waals surface area contributed by atoms with E-state index in [2.05, 4.69) is 25.6 Å². The largest absolute Gasteiger partial charge is 1.00 e. The molecule has 1 amide bonds. The Morgan fingerprint density at radius 3 is 2.33 bits per heavy atom. The van der Waals surface area contributed by atoms with Crippen LogP contribution < -0.4 is 29.6 Å². The second-order valence-corrected chi connectivity index (χ2v) is 3.40. The van der Waals surface area contributed by atoms with Gasteiger partial charge in [-0.1, -0.05) is 0 Å². The minimum atomic E-state index is -0.557. The molecule has 0 aromatic heterocycles. The zero-order valence-corrected chi connectivity index (χ0v) is 10.7. The molecule has 1 heterocycles. The first-order valence-electron chi connectivity index (χ1n) is 3.35. The third-order valence-corrected chi connectivity index (χ3v) is 1.76. The van der Waals surface area contributed by atoms with Gasteiger partial charge >= 0.3 is 35.7 Å². The van der Waals surface area contributed by atoms with E-state index in [1.807, 2.05) is 0 Å². The second-order valence-electron chi connectivity index (χ2n) is 2.28. The van der Waals surface area contributed by atoms with Crippen LogP contribution in [0.3, 0.4) is 0 Å². The molecule has 7 heteroatoms. The van der Waals surface area contributed by atoms with Gasteiger partial charge in [-0.2, -0.15) is 3.71 Å². The van der Waals surface area contributed by atoms with Crippen molar-refractivity contribution in [1.29, 1.82) is 0 Å². The van der Waals surface area contributed by atoms with Gasteiger partial charge in [0.25, 0.3) is 0 Å². The molecule has 1 aliphatic rings. The van der Waals surface area contributed by atoms with Crippen LogP contribution in [-0.4, -0.2) is 28.0 Å². The van der Waals surface area contributed by atoms with Gasteiger partial charge in [0, 0.05) is 13.1 Å². The van der Waals surface area contributed by atoms with Gasteiger partial charge in [-0.15, -0.1) is 5.06 Å². The summed E-state index contributed by atoms with van der Waals surface area (Å²) < 4.78 is 0.818. The Labute approximate surface area is 106 Å². The van der Waals surface area contributed by atoms with Gasteiger partial charge in [0.15, 0.2) is 0 Å². The SMILES string of the molecule is O=C(ON1CCCC1)N(S)S.[H-].[Na+]. The van der Waals surface area contributed by atoms with Crippen molar-refractivity contribution in [2.45, 2.75) is 12.8 Å². The second kappa shape index (κ2) is 6.39. The van der Waals surface area contributed by atoms with Crippen molar-refractivity contribution in [2.24, 2.45) is 0 Å². The molecule has 0 aromatic carbocycles. The van der Waals surface area contributed by atoms with Crippen LogP contribution >= 0.6 is 25.6 Å². The molecule has 1 fully saturated rings.